The van der Waals surface area contributed by atoms with Crippen molar-refractivity contribution in [2.24, 2.45) is 11.0 Å². The molecule has 0 radical (unpaired) electrons. The van der Waals surface area contributed by atoms with Crippen LogP contribution in [0.5, 0.6) is 0 Å². The fraction of sp³-hybridized carbons (Fsp3) is 0.211. The Kier molecular flexibility index (Phi) is 4.88. The molecule has 0 spiro atoms. The van der Waals surface area contributed by atoms with Crippen LogP contribution in [-0.4, -0.2) is 29.1 Å². The first-order chi connectivity index (χ1) is 12.0. The lowest BCUT2D eigenvalue weighted by atomic mass is 9.96. The lowest BCUT2D eigenvalue weighted by Gasteiger charge is -2.27. The first-order valence-electron chi connectivity index (χ1n) is 8.02. The van der Waals surface area contributed by atoms with Crippen molar-refractivity contribution in [2.75, 3.05) is 11.9 Å². The zero-order valence-electron chi connectivity index (χ0n) is 13.8. The molecule has 1 heterocycles. The molecular formula is C19H18FN3O2. The number of nitrogens with one attached hydrogen (secondary N) is 1. The molecule has 0 bridgehead atoms. The Morgan fingerprint density at radius 3 is 2.56 bits per heavy atom. The number of hydrogen-bond donors (Lipinski definition) is 1. The van der Waals surface area contributed by atoms with Crippen LogP contribution in [0, 0.1) is 11.7 Å². The highest BCUT2D eigenvalue weighted by atomic mass is 19.1. The Balaban J connectivity index is 1.74. The number of carbonyl (C=O) groups excluding carboxylic acids is 2. The number of nitrogens with zero attached hydrogens (tertiary/aromatic N) is 2. The zero-order valence-corrected chi connectivity index (χ0v) is 13.8. The fourth-order valence-corrected chi connectivity index (χ4v) is 2.66. The van der Waals surface area contributed by atoms with Gasteiger partial charge in [0.2, 0.25) is 11.8 Å². The standard InChI is InChI=1S/C19H18FN3O2/c1-13-11-17(14-5-3-2-4-6-14)22-23(19(13)25)12-18(24)21-16-9-7-15(20)8-10-16/h2-10,13H,11-12H2,1H3,(H,21,24). The predicted molar refractivity (Wildman–Crippen MR) is 93.5 cm³/mol. The van der Waals surface area contributed by atoms with Crippen LogP contribution in [0.3, 0.4) is 0 Å². The number of benzene rings is 2. The highest BCUT2D eigenvalue weighted by molar-refractivity contribution is 6.05. The number of halogens is 1. The largest absolute Gasteiger partial charge is 0.324 e. The van der Waals surface area contributed by atoms with Crippen LogP contribution in [0.1, 0.15) is 18.9 Å². The van der Waals surface area contributed by atoms with Crippen molar-refractivity contribution < 1.29 is 14.0 Å². The zero-order chi connectivity index (χ0) is 17.8. The van der Waals surface area contributed by atoms with E-state index in [2.05, 4.69) is 10.4 Å². The van der Waals surface area contributed by atoms with Crippen molar-refractivity contribution >= 4 is 23.2 Å². The van der Waals surface area contributed by atoms with Crippen LogP contribution in [0.25, 0.3) is 0 Å². The average Bonchev–Trinajstić information content (AvgIpc) is 2.61. The number of hydrazone groups is 1. The molecule has 1 aliphatic heterocycles. The van der Waals surface area contributed by atoms with E-state index in [1.807, 2.05) is 37.3 Å². The van der Waals surface area contributed by atoms with Gasteiger partial charge in [0.15, 0.2) is 0 Å². The molecule has 128 valence electrons. The molecule has 0 saturated carbocycles. The van der Waals surface area contributed by atoms with Crippen molar-refractivity contribution in [3.05, 3.63) is 66.0 Å². The molecule has 2 aromatic rings. The van der Waals surface area contributed by atoms with Gasteiger partial charge >= 0.3 is 0 Å². The van der Waals surface area contributed by atoms with Crippen LogP contribution >= 0.6 is 0 Å². The van der Waals surface area contributed by atoms with Crippen molar-refractivity contribution in [2.45, 2.75) is 13.3 Å². The molecule has 6 heteroatoms. The number of carbonyl (C=O) groups is 2. The van der Waals surface area contributed by atoms with Crippen molar-refractivity contribution in [1.29, 1.82) is 0 Å². The summed E-state index contributed by atoms with van der Waals surface area (Å²) in [5.41, 5.74) is 2.18. The van der Waals surface area contributed by atoms with Crippen LogP contribution in [0.2, 0.25) is 0 Å². The Labute approximate surface area is 145 Å². The summed E-state index contributed by atoms with van der Waals surface area (Å²) < 4.78 is 12.9. The maximum absolute atomic E-state index is 12.9. The summed E-state index contributed by atoms with van der Waals surface area (Å²) >= 11 is 0. The fourth-order valence-electron chi connectivity index (χ4n) is 2.66. The summed E-state index contributed by atoms with van der Waals surface area (Å²) in [5, 5.41) is 8.20. The molecule has 2 amide bonds. The van der Waals surface area contributed by atoms with Gasteiger partial charge in [-0.3, -0.25) is 9.59 Å². The van der Waals surface area contributed by atoms with Crippen LogP contribution in [0.15, 0.2) is 59.7 Å². The Hall–Kier alpha value is -3.02. The lowest BCUT2D eigenvalue weighted by Crippen LogP contribution is -2.41. The molecule has 1 atom stereocenters. The molecule has 3 rings (SSSR count). The van der Waals surface area contributed by atoms with Crippen LogP contribution in [0.4, 0.5) is 10.1 Å². The van der Waals surface area contributed by atoms with Crippen molar-refractivity contribution in [3.8, 4) is 0 Å². The number of anilines is 1. The van der Waals surface area contributed by atoms with Crippen LogP contribution in [-0.2, 0) is 9.59 Å². The topological polar surface area (TPSA) is 61.8 Å². The second-order valence-electron chi connectivity index (χ2n) is 5.97. The van der Waals surface area contributed by atoms with Gasteiger partial charge in [0.05, 0.1) is 5.71 Å². The molecule has 1 N–H and O–H groups in total. The van der Waals surface area contributed by atoms with Gasteiger partial charge in [-0.05, 0) is 29.8 Å². The number of hydrogen-bond acceptors (Lipinski definition) is 3. The van der Waals surface area contributed by atoms with E-state index >= 15 is 0 Å². The van der Waals surface area contributed by atoms with E-state index in [1.54, 1.807) is 0 Å². The monoisotopic (exact) mass is 339 g/mol. The van der Waals surface area contributed by atoms with E-state index in [0.717, 1.165) is 11.3 Å². The lowest BCUT2D eigenvalue weighted by molar-refractivity contribution is -0.138. The SMILES string of the molecule is CC1CC(c2ccccc2)=NN(CC(=O)Nc2ccc(F)cc2)C1=O. The third-order valence-corrected chi connectivity index (χ3v) is 3.95. The third kappa shape index (κ3) is 4.09. The Morgan fingerprint density at radius 1 is 1.20 bits per heavy atom. The summed E-state index contributed by atoms with van der Waals surface area (Å²) in [5.74, 6) is -1.19. The van der Waals surface area contributed by atoms with Gasteiger partial charge in [-0.1, -0.05) is 37.3 Å². The van der Waals surface area contributed by atoms with Gasteiger partial charge in [0.1, 0.15) is 12.4 Å². The minimum Gasteiger partial charge on any atom is -0.324 e. The summed E-state index contributed by atoms with van der Waals surface area (Å²) in [6.07, 6.45) is 0.541. The molecule has 0 fully saturated rings. The summed E-state index contributed by atoms with van der Waals surface area (Å²) in [6, 6.07) is 15.0. The van der Waals surface area contributed by atoms with Gasteiger partial charge in [0.25, 0.3) is 0 Å². The van der Waals surface area contributed by atoms with E-state index in [9.17, 15) is 14.0 Å². The molecule has 0 saturated heterocycles. The minimum absolute atomic E-state index is 0.184. The molecule has 25 heavy (non-hydrogen) atoms. The molecular weight excluding hydrogens is 321 g/mol. The van der Waals surface area contributed by atoms with E-state index in [1.165, 1.54) is 29.3 Å². The molecule has 1 aliphatic rings. The first kappa shape index (κ1) is 16.8. The Morgan fingerprint density at radius 2 is 1.88 bits per heavy atom. The van der Waals surface area contributed by atoms with E-state index in [4.69, 9.17) is 0 Å². The van der Waals surface area contributed by atoms with E-state index in [0.29, 0.717) is 12.1 Å². The maximum atomic E-state index is 12.9. The smallest absolute Gasteiger partial charge is 0.246 e. The maximum Gasteiger partial charge on any atom is 0.246 e. The van der Waals surface area contributed by atoms with Gasteiger partial charge in [-0.2, -0.15) is 5.10 Å². The highest BCUT2D eigenvalue weighted by Crippen LogP contribution is 2.20. The van der Waals surface area contributed by atoms with Gasteiger partial charge in [0, 0.05) is 18.0 Å². The highest BCUT2D eigenvalue weighted by Gasteiger charge is 2.29. The molecule has 0 aliphatic carbocycles. The third-order valence-electron chi connectivity index (χ3n) is 3.95. The normalized spacial score (nSPS) is 17.2. The first-order valence-corrected chi connectivity index (χ1v) is 8.02. The second-order valence-corrected chi connectivity index (χ2v) is 5.97. The van der Waals surface area contributed by atoms with Gasteiger partial charge in [-0.15, -0.1) is 0 Å². The molecule has 0 aromatic heterocycles. The molecule has 1 unspecified atom stereocenters. The molecule has 5 nitrogen and oxygen atoms in total. The average molecular weight is 339 g/mol. The quantitative estimate of drug-likeness (QED) is 0.931. The van der Waals surface area contributed by atoms with Crippen molar-refractivity contribution in [1.82, 2.24) is 5.01 Å². The summed E-state index contributed by atoms with van der Waals surface area (Å²) in [4.78, 5) is 24.5. The minimum atomic E-state index is -0.384. The van der Waals surface area contributed by atoms with Crippen LogP contribution < -0.4 is 5.32 Å². The molecule has 2 aromatic carbocycles. The predicted octanol–water partition coefficient (Wildman–Crippen LogP) is 3.04. The van der Waals surface area contributed by atoms with E-state index < -0.39 is 0 Å². The Bertz CT molecular complexity index is 803. The number of rotatable bonds is 4. The summed E-state index contributed by atoms with van der Waals surface area (Å²) in [6.45, 7) is 1.64. The second kappa shape index (κ2) is 7.25. The van der Waals surface area contributed by atoms with E-state index in [-0.39, 0.29) is 30.1 Å². The van der Waals surface area contributed by atoms with Gasteiger partial charge in [-0.25, -0.2) is 9.40 Å². The number of amides is 2. The van der Waals surface area contributed by atoms with Gasteiger partial charge < -0.3 is 5.32 Å². The van der Waals surface area contributed by atoms with Crippen molar-refractivity contribution in [3.63, 3.8) is 0 Å². The summed E-state index contributed by atoms with van der Waals surface area (Å²) in [7, 11) is 0.